The van der Waals surface area contributed by atoms with Crippen LogP contribution in [-0.4, -0.2) is 150 Å². The second-order valence-corrected chi connectivity index (χ2v) is 20.7. The molecule has 0 bridgehead atoms. The molecule has 0 amide bonds. The fourth-order valence-electron chi connectivity index (χ4n) is 14.0. The van der Waals surface area contributed by atoms with Crippen LogP contribution in [0.1, 0.15) is 107 Å². The lowest BCUT2D eigenvalue weighted by Gasteiger charge is -2.72. The third kappa shape index (κ3) is 6.42. The van der Waals surface area contributed by atoms with E-state index in [0.29, 0.717) is 38.5 Å². The Bertz CT molecular complexity index is 1400. The molecule has 14 nitrogen and oxygen atoms in total. The molecule has 0 spiro atoms. The van der Waals surface area contributed by atoms with Crippen LogP contribution in [0.25, 0.3) is 0 Å². The molecule has 4 aliphatic carbocycles. The lowest BCUT2D eigenvalue weighted by atomic mass is 9.34. The lowest BCUT2D eigenvalue weighted by molar-refractivity contribution is -0.377. The number of aliphatic hydroxyl groups is 9. The van der Waals surface area contributed by atoms with Gasteiger partial charge in [-0.05, 0) is 117 Å². The van der Waals surface area contributed by atoms with Crippen molar-refractivity contribution in [1.29, 1.82) is 0 Å². The summed E-state index contributed by atoms with van der Waals surface area (Å²) in [4.78, 5) is 0. The summed E-state index contributed by atoms with van der Waals surface area (Å²) in [5.41, 5.74) is -3.12. The van der Waals surface area contributed by atoms with Crippen LogP contribution in [0.5, 0.6) is 0 Å². The Morgan fingerprint density at radius 3 is 2.00 bits per heavy atom. The number of aliphatic hydroxyl groups excluding tert-OH is 9. The molecule has 0 aromatic heterocycles. The Kier molecular flexibility index (Phi) is 11.1. The van der Waals surface area contributed by atoms with Crippen molar-refractivity contribution in [3.8, 4) is 0 Å². The van der Waals surface area contributed by atoms with Crippen molar-refractivity contribution in [2.45, 2.75) is 198 Å². The molecule has 2 unspecified atom stereocenters. The smallest absolute Gasteiger partial charge is 0.187 e. The highest BCUT2D eigenvalue weighted by molar-refractivity contribution is 5.22. The maximum atomic E-state index is 12.4. The molecule has 14 heteroatoms. The van der Waals surface area contributed by atoms with E-state index in [1.54, 1.807) is 0 Å². The van der Waals surface area contributed by atoms with E-state index in [4.69, 9.17) is 23.7 Å². The Balaban J connectivity index is 1.26. The van der Waals surface area contributed by atoms with Crippen LogP contribution in [0.3, 0.4) is 0 Å². The first kappa shape index (κ1) is 42.6. The van der Waals surface area contributed by atoms with Gasteiger partial charge in [0.05, 0.1) is 48.8 Å². The fourth-order valence-corrected chi connectivity index (χ4v) is 14.0. The first-order valence-electron chi connectivity index (χ1n) is 20.8. The van der Waals surface area contributed by atoms with Crippen molar-refractivity contribution in [1.82, 2.24) is 0 Å². The third-order valence-corrected chi connectivity index (χ3v) is 17.1. The maximum absolute atomic E-state index is 12.4. The summed E-state index contributed by atoms with van der Waals surface area (Å²) >= 11 is 0. The SMILES string of the molecule is CC1(C)O[C@](C)([C@H]2CC[C@]3(C)C2[C@H](O)C[C@@H]2[C@@]4(C)CC[C@H](O)C(C)(C)C4[C@@H](O[C@@H]4O[C@H](CO)[C@@H](O)[C@H](O)[C@H]4O[C@@H]4OC[C@@H](O)[C@H](O)[C@H]4O)C[C@]23C)CC[C@H]1O. The van der Waals surface area contributed by atoms with E-state index in [-0.39, 0.29) is 35.7 Å². The summed E-state index contributed by atoms with van der Waals surface area (Å²) in [6.07, 6.45) is -10.4. The molecule has 7 aliphatic rings. The molecular formula is C41H70O14. The van der Waals surface area contributed by atoms with Gasteiger partial charge in [-0.1, -0.05) is 34.6 Å². The number of rotatable bonds is 6. The summed E-state index contributed by atoms with van der Waals surface area (Å²) in [6, 6.07) is 0. The molecule has 3 saturated heterocycles. The average Bonchev–Trinajstić information content (AvgIpc) is 3.49. The average molecular weight is 787 g/mol. The van der Waals surface area contributed by atoms with Gasteiger partial charge in [-0.15, -0.1) is 0 Å². The van der Waals surface area contributed by atoms with E-state index < -0.39 is 114 Å². The summed E-state index contributed by atoms with van der Waals surface area (Å²) in [5, 5.41) is 98.7. The van der Waals surface area contributed by atoms with Gasteiger partial charge in [0, 0.05) is 0 Å². The van der Waals surface area contributed by atoms with Gasteiger partial charge in [0.15, 0.2) is 12.6 Å². The Labute approximate surface area is 325 Å². The monoisotopic (exact) mass is 786 g/mol. The van der Waals surface area contributed by atoms with Crippen LogP contribution in [-0.2, 0) is 23.7 Å². The van der Waals surface area contributed by atoms with Crippen LogP contribution in [0, 0.1) is 45.3 Å². The Morgan fingerprint density at radius 2 is 1.35 bits per heavy atom. The van der Waals surface area contributed by atoms with E-state index in [0.717, 1.165) is 12.8 Å². The molecule has 318 valence electrons. The van der Waals surface area contributed by atoms with Crippen LogP contribution in [0.2, 0.25) is 0 Å². The highest BCUT2D eigenvalue weighted by Gasteiger charge is 2.74. The standard InChI is InChI=1S/C41H70O14/c1-36(2)25(45)10-12-38(5)24-15-20(43)27-19(41(8)14-11-26(46)37(3,4)55-41)9-13-39(27,6)40(24,7)16-22(33(36)38)52-35-32(30(49)29(48)23(17-42)53-35)54-34-31(50)28(47)21(44)18-51-34/h19-35,42-50H,9-18H2,1-8H3/t19-,20+,21+,22-,23+,24+,25-,26+,27?,28-,29+,30-,31+,32+,33?,34-,35+,38+,39+,40+,41-/m0/s1. The topological polar surface area (TPSA) is 228 Å². The maximum Gasteiger partial charge on any atom is 0.187 e. The van der Waals surface area contributed by atoms with Crippen LogP contribution in [0.15, 0.2) is 0 Å². The second-order valence-electron chi connectivity index (χ2n) is 20.7. The molecule has 55 heavy (non-hydrogen) atoms. The number of ether oxygens (including phenoxy) is 5. The first-order valence-corrected chi connectivity index (χ1v) is 20.8. The molecule has 21 atom stereocenters. The van der Waals surface area contributed by atoms with Gasteiger partial charge in [-0.2, -0.15) is 0 Å². The Hall–Kier alpha value is -0.560. The molecule has 0 aromatic carbocycles. The van der Waals surface area contributed by atoms with Crippen molar-refractivity contribution < 1.29 is 69.6 Å². The minimum Gasteiger partial charge on any atom is -0.394 e. The first-order chi connectivity index (χ1) is 25.5. The largest absolute Gasteiger partial charge is 0.394 e. The number of hydrogen-bond acceptors (Lipinski definition) is 14. The molecule has 7 fully saturated rings. The molecular weight excluding hydrogens is 716 g/mol. The highest BCUT2D eigenvalue weighted by atomic mass is 16.8. The normalized spacial score (nSPS) is 57.7. The molecule has 3 heterocycles. The van der Waals surface area contributed by atoms with Gasteiger partial charge in [-0.25, -0.2) is 0 Å². The molecule has 3 aliphatic heterocycles. The number of fused-ring (bicyclic) bond motifs is 5. The zero-order valence-corrected chi connectivity index (χ0v) is 34.0. The third-order valence-electron chi connectivity index (χ3n) is 17.1. The van der Waals surface area contributed by atoms with E-state index >= 15 is 0 Å². The van der Waals surface area contributed by atoms with E-state index in [1.165, 1.54) is 0 Å². The lowest BCUT2D eigenvalue weighted by Crippen LogP contribution is -2.71. The molecule has 7 rings (SSSR count). The number of hydrogen-bond donors (Lipinski definition) is 9. The van der Waals surface area contributed by atoms with Gasteiger partial charge in [-0.3, -0.25) is 0 Å². The molecule has 9 N–H and O–H groups in total. The summed E-state index contributed by atoms with van der Waals surface area (Å²) in [7, 11) is 0. The second kappa shape index (κ2) is 14.3. The van der Waals surface area contributed by atoms with Gasteiger partial charge in [0.25, 0.3) is 0 Å². The van der Waals surface area contributed by atoms with E-state index in [9.17, 15) is 46.0 Å². The summed E-state index contributed by atoms with van der Waals surface area (Å²) < 4.78 is 31.7. The minimum atomic E-state index is -1.68. The Morgan fingerprint density at radius 1 is 0.673 bits per heavy atom. The van der Waals surface area contributed by atoms with E-state index in [2.05, 4.69) is 41.5 Å². The zero-order valence-electron chi connectivity index (χ0n) is 34.0. The van der Waals surface area contributed by atoms with Crippen molar-refractivity contribution >= 4 is 0 Å². The van der Waals surface area contributed by atoms with Crippen molar-refractivity contribution in [3.05, 3.63) is 0 Å². The van der Waals surface area contributed by atoms with Crippen LogP contribution < -0.4 is 0 Å². The predicted molar refractivity (Wildman–Crippen MR) is 196 cm³/mol. The summed E-state index contributed by atoms with van der Waals surface area (Å²) in [5.74, 6) is -0.260. The van der Waals surface area contributed by atoms with Crippen molar-refractivity contribution in [3.63, 3.8) is 0 Å². The van der Waals surface area contributed by atoms with Gasteiger partial charge >= 0.3 is 0 Å². The summed E-state index contributed by atoms with van der Waals surface area (Å²) in [6.45, 7) is 16.1. The molecule has 4 saturated carbocycles. The van der Waals surface area contributed by atoms with E-state index in [1.807, 2.05) is 13.8 Å². The molecule has 0 aromatic rings. The van der Waals surface area contributed by atoms with Crippen LogP contribution in [0.4, 0.5) is 0 Å². The van der Waals surface area contributed by atoms with Crippen molar-refractivity contribution in [2.75, 3.05) is 13.2 Å². The highest BCUT2D eigenvalue weighted by Crippen LogP contribution is 2.76. The van der Waals surface area contributed by atoms with Gasteiger partial charge in [0.2, 0.25) is 0 Å². The van der Waals surface area contributed by atoms with Gasteiger partial charge in [0.1, 0.15) is 42.7 Å². The zero-order chi connectivity index (χ0) is 40.4. The predicted octanol–water partition coefficient (Wildman–Crippen LogP) is 0.970. The van der Waals surface area contributed by atoms with Crippen LogP contribution >= 0.6 is 0 Å². The molecule has 0 radical (unpaired) electrons. The van der Waals surface area contributed by atoms with Crippen molar-refractivity contribution in [2.24, 2.45) is 45.3 Å². The fraction of sp³-hybridized carbons (Fsp3) is 1.00. The quantitative estimate of drug-likeness (QED) is 0.171. The minimum absolute atomic E-state index is 0.0452. The van der Waals surface area contributed by atoms with Gasteiger partial charge < -0.3 is 69.6 Å².